The highest BCUT2D eigenvalue weighted by Gasteiger charge is 2.08. The Morgan fingerprint density at radius 3 is 2.82 bits per heavy atom. The maximum atomic E-state index is 11.7. The standard InChI is InChI=1S/C12H17IN2O2/c1-9-7-11(16)10(8-15-9)12(17)14-6-4-2-3-5-13/h7-8H,2-6H2,1H3,(H,14,17)(H,15,16). The number of hydrogen-bond donors (Lipinski definition) is 2. The minimum absolute atomic E-state index is 0.185. The van der Waals surface area contributed by atoms with Crippen molar-refractivity contribution >= 4 is 28.5 Å². The molecule has 94 valence electrons. The van der Waals surface area contributed by atoms with Gasteiger partial charge >= 0.3 is 0 Å². The zero-order valence-electron chi connectivity index (χ0n) is 9.88. The second kappa shape index (κ2) is 7.47. The first kappa shape index (κ1) is 14.2. The van der Waals surface area contributed by atoms with Crippen LogP contribution in [0, 0.1) is 6.92 Å². The molecule has 0 saturated heterocycles. The Kier molecular flexibility index (Phi) is 6.25. The SMILES string of the molecule is Cc1cc(=O)c(C(=O)NCCCCCI)c[nH]1. The summed E-state index contributed by atoms with van der Waals surface area (Å²) in [7, 11) is 0. The van der Waals surface area contributed by atoms with Gasteiger partial charge in [-0.25, -0.2) is 0 Å². The highest BCUT2D eigenvalue weighted by atomic mass is 127. The van der Waals surface area contributed by atoms with Gasteiger partial charge in [-0.2, -0.15) is 0 Å². The van der Waals surface area contributed by atoms with E-state index in [1.54, 1.807) is 6.92 Å². The summed E-state index contributed by atoms with van der Waals surface area (Å²) in [6.45, 7) is 2.41. The molecule has 0 atom stereocenters. The first-order chi connectivity index (χ1) is 8.15. The number of nitrogens with one attached hydrogen (secondary N) is 2. The monoisotopic (exact) mass is 348 g/mol. The molecule has 0 aliphatic rings. The van der Waals surface area contributed by atoms with Crippen LogP contribution in [0.4, 0.5) is 0 Å². The average Bonchev–Trinajstić information content (AvgIpc) is 2.28. The van der Waals surface area contributed by atoms with E-state index in [2.05, 4.69) is 32.9 Å². The number of hydrogen-bond acceptors (Lipinski definition) is 2. The second-order valence-corrected chi connectivity index (χ2v) is 4.98. The molecule has 0 bridgehead atoms. The largest absolute Gasteiger partial charge is 0.364 e. The van der Waals surface area contributed by atoms with Crippen molar-refractivity contribution in [3.8, 4) is 0 Å². The Bertz CT molecular complexity index is 429. The molecule has 1 rings (SSSR count). The molecule has 1 aromatic rings. The average molecular weight is 348 g/mol. The maximum Gasteiger partial charge on any atom is 0.256 e. The van der Waals surface area contributed by atoms with Crippen LogP contribution in [0.15, 0.2) is 17.1 Å². The minimum atomic E-state index is -0.291. The molecule has 0 aliphatic heterocycles. The molecular formula is C12H17IN2O2. The predicted octanol–water partition coefficient (Wildman–Crippen LogP) is 2.02. The molecule has 0 spiro atoms. The number of pyridine rings is 1. The third-order valence-corrected chi connectivity index (χ3v) is 3.16. The molecule has 0 radical (unpaired) electrons. The second-order valence-electron chi connectivity index (χ2n) is 3.90. The molecule has 0 aliphatic carbocycles. The van der Waals surface area contributed by atoms with Gasteiger partial charge in [0.1, 0.15) is 5.56 Å². The van der Waals surface area contributed by atoms with Gasteiger partial charge in [0.2, 0.25) is 0 Å². The highest BCUT2D eigenvalue weighted by Crippen LogP contribution is 1.98. The fraction of sp³-hybridized carbons (Fsp3) is 0.500. The number of aryl methyl sites for hydroxylation is 1. The van der Waals surface area contributed by atoms with E-state index in [-0.39, 0.29) is 16.9 Å². The first-order valence-corrected chi connectivity index (χ1v) is 7.21. The number of rotatable bonds is 6. The number of H-pyrrole nitrogens is 1. The molecular weight excluding hydrogens is 331 g/mol. The molecule has 1 aromatic heterocycles. The van der Waals surface area contributed by atoms with Gasteiger partial charge < -0.3 is 10.3 Å². The number of aromatic amines is 1. The van der Waals surface area contributed by atoms with Crippen molar-refractivity contribution in [1.82, 2.24) is 10.3 Å². The van der Waals surface area contributed by atoms with Crippen LogP contribution in [0.1, 0.15) is 35.3 Å². The number of alkyl halides is 1. The van der Waals surface area contributed by atoms with E-state index in [0.717, 1.165) is 23.0 Å². The molecule has 1 heterocycles. The summed E-state index contributed by atoms with van der Waals surface area (Å²) in [6, 6.07) is 1.44. The van der Waals surface area contributed by atoms with Gasteiger partial charge in [0.25, 0.3) is 5.91 Å². The van der Waals surface area contributed by atoms with E-state index in [4.69, 9.17) is 0 Å². The van der Waals surface area contributed by atoms with E-state index in [0.29, 0.717) is 6.54 Å². The van der Waals surface area contributed by atoms with Gasteiger partial charge in [0.05, 0.1) is 0 Å². The van der Waals surface area contributed by atoms with Crippen LogP contribution in [-0.4, -0.2) is 21.9 Å². The number of carbonyl (C=O) groups excluding carboxylic acids is 1. The van der Waals surface area contributed by atoms with Gasteiger partial charge in [0.15, 0.2) is 5.43 Å². The zero-order chi connectivity index (χ0) is 12.7. The van der Waals surface area contributed by atoms with Crippen LogP contribution in [0.3, 0.4) is 0 Å². The van der Waals surface area contributed by atoms with E-state index in [1.807, 2.05) is 0 Å². The minimum Gasteiger partial charge on any atom is -0.364 e. The van der Waals surface area contributed by atoms with Gasteiger partial charge in [0, 0.05) is 24.5 Å². The van der Waals surface area contributed by atoms with Gasteiger partial charge in [-0.05, 0) is 24.2 Å². The van der Waals surface area contributed by atoms with Crippen LogP contribution in [0.5, 0.6) is 0 Å². The molecule has 4 nitrogen and oxygen atoms in total. The van der Waals surface area contributed by atoms with Crippen molar-refractivity contribution in [1.29, 1.82) is 0 Å². The zero-order valence-corrected chi connectivity index (χ0v) is 12.0. The number of unbranched alkanes of at least 4 members (excludes halogenated alkanes) is 2. The number of aromatic nitrogens is 1. The van der Waals surface area contributed by atoms with E-state index >= 15 is 0 Å². The van der Waals surface area contributed by atoms with Gasteiger partial charge in [-0.3, -0.25) is 9.59 Å². The number of halogens is 1. The van der Waals surface area contributed by atoms with Crippen LogP contribution in [0.2, 0.25) is 0 Å². The summed E-state index contributed by atoms with van der Waals surface area (Å²) in [5.74, 6) is -0.291. The summed E-state index contributed by atoms with van der Waals surface area (Å²) in [4.78, 5) is 26.1. The molecule has 0 aromatic carbocycles. The summed E-state index contributed by atoms with van der Waals surface area (Å²) in [5.41, 5.74) is 0.712. The first-order valence-electron chi connectivity index (χ1n) is 5.68. The van der Waals surface area contributed by atoms with Crippen LogP contribution in [-0.2, 0) is 0 Å². The lowest BCUT2D eigenvalue weighted by Gasteiger charge is -2.04. The van der Waals surface area contributed by atoms with Crippen molar-refractivity contribution < 1.29 is 4.79 Å². The fourth-order valence-electron chi connectivity index (χ4n) is 1.44. The molecule has 0 saturated carbocycles. The Morgan fingerprint density at radius 1 is 1.41 bits per heavy atom. The van der Waals surface area contributed by atoms with Crippen LogP contribution < -0.4 is 10.7 Å². The topological polar surface area (TPSA) is 62.0 Å². The highest BCUT2D eigenvalue weighted by molar-refractivity contribution is 14.1. The van der Waals surface area contributed by atoms with E-state index in [9.17, 15) is 9.59 Å². The van der Waals surface area contributed by atoms with E-state index < -0.39 is 0 Å². The lowest BCUT2D eigenvalue weighted by Crippen LogP contribution is -2.29. The lowest BCUT2D eigenvalue weighted by molar-refractivity contribution is 0.0951. The van der Waals surface area contributed by atoms with Crippen LogP contribution in [0.25, 0.3) is 0 Å². The molecule has 0 unspecified atom stereocenters. The summed E-state index contributed by atoms with van der Waals surface area (Å²) in [5, 5.41) is 2.76. The van der Waals surface area contributed by atoms with Crippen molar-refractivity contribution in [2.75, 3.05) is 11.0 Å². The van der Waals surface area contributed by atoms with Crippen molar-refractivity contribution in [2.45, 2.75) is 26.2 Å². The molecule has 2 N–H and O–H groups in total. The third-order valence-electron chi connectivity index (χ3n) is 2.40. The number of amides is 1. The summed E-state index contributed by atoms with van der Waals surface area (Å²) >= 11 is 2.34. The summed E-state index contributed by atoms with van der Waals surface area (Å²) < 4.78 is 1.14. The fourth-order valence-corrected chi connectivity index (χ4v) is 1.98. The Morgan fingerprint density at radius 2 is 2.18 bits per heavy atom. The third kappa shape index (κ3) is 4.89. The normalized spacial score (nSPS) is 10.2. The maximum absolute atomic E-state index is 11.7. The van der Waals surface area contributed by atoms with Gasteiger partial charge in [-0.1, -0.05) is 29.0 Å². The smallest absolute Gasteiger partial charge is 0.256 e. The lowest BCUT2D eigenvalue weighted by atomic mass is 10.2. The molecule has 17 heavy (non-hydrogen) atoms. The Balaban J connectivity index is 2.45. The van der Waals surface area contributed by atoms with Crippen molar-refractivity contribution in [2.24, 2.45) is 0 Å². The Hall–Kier alpha value is -0.850. The quantitative estimate of drug-likeness (QED) is 0.469. The molecule has 0 fully saturated rings. The number of carbonyl (C=O) groups is 1. The molecule has 5 heteroatoms. The molecule has 1 amide bonds. The van der Waals surface area contributed by atoms with Crippen molar-refractivity contribution in [3.05, 3.63) is 33.7 Å². The van der Waals surface area contributed by atoms with Crippen molar-refractivity contribution in [3.63, 3.8) is 0 Å². The van der Waals surface area contributed by atoms with E-state index in [1.165, 1.54) is 18.7 Å². The predicted molar refractivity (Wildman–Crippen MR) is 76.9 cm³/mol. The Labute approximate surface area is 114 Å². The van der Waals surface area contributed by atoms with Gasteiger partial charge in [-0.15, -0.1) is 0 Å². The van der Waals surface area contributed by atoms with Crippen LogP contribution >= 0.6 is 22.6 Å². The summed E-state index contributed by atoms with van der Waals surface area (Å²) in [6.07, 6.45) is 4.70.